The Hall–Kier alpha value is -1.62. The zero-order chi connectivity index (χ0) is 13.9. The first-order valence-electron chi connectivity index (χ1n) is 5.26. The second-order valence-electron chi connectivity index (χ2n) is 4.05. The minimum atomic E-state index is -0.980. The second kappa shape index (κ2) is 5.82. The van der Waals surface area contributed by atoms with Crippen molar-refractivity contribution in [1.82, 2.24) is 4.90 Å². The first-order valence-corrected chi connectivity index (χ1v) is 5.64. The van der Waals surface area contributed by atoms with E-state index in [1.807, 2.05) is 0 Å². The van der Waals surface area contributed by atoms with Crippen LogP contribution in [-0.4, -0.2) is 35.5 Å². The van der Waals surface area contributed by atoms with Crippen molar-refractivity contribution in [3.05, 3.63) is 34.6 Å². The van der Waals surface area contributed by atoms with E-state index in [0.717, 1.165) is 6.07 Å². The van der Waals surface area contributed by atoms with Crippen LogP contribution in [0, 0.1) is 11.7 Å². The molecule has 4 nitrogen and oxygen atoms in total. The Morgan fingerprint density at radius 3 is 2.61 bits per heavy atom. The van der Waals surface area contributed by atoms with Crippen molar-refractivity contribution >= 4 is 23.5 Å². The van der Waals surface area contributed by atoms with Gasteiger partial charge in [0.25, 0.3) is 5.91 Å². The Kier molecular flexibility index (Phi) is 4.67. The first kappa shape index (κ1) is 14.4. The van der Waals surface area contributed by atoms with Gasteiger partial charge in [-0.25, -0.2) is 4.39 Å². The fourth-order valence-electron chi connectivity index (χ4n) is 1.42. The van der Waals surface area contributed by atoms with Crippen LogP contribution in [-0.2, 0) is 4.79 Å². The molecule has 0 fully saturated rings. The number of hydrogen-bond acceptors (Lipinski definition) is 2. The van der Waals surface area contributed by atoms with Gasteiger partial charge in [-0.2, -0.15) is 0 Å². The van der Waals surface area contributed by atoms with Gasteiger partial charge in [-0.15, -0.1) is 0 Å². The van der Waals surface area contributed by atoms with Gasteiger partial charge < -0.3 is 10.0 Å². The Bertz CT molecular complexity index is 478. The minimum Gasteiger partial charge on any atom is -0.481 e. The van der Waals surface area contributed by atoms with Crippen LogP contribution in [0.4, 0.5) is 4.39 Å². The number of rotatable bonds is 4. The van der Waals surface area contributed by atoms with Crippen LogP contribution in [0.5, 0.6) is 0 Å². The summed E-state index contributed by atoms with van der Waals surface area (Å²) in [4.78, 5) is 23.9. The lowest BCUT2D eigenvalue weighted by molar-refractivity contribution is -0.141. The fourth-order valence-corrected chi connectivity index (χ4v) is 1.60. The molecule has 0 bridgehead atoms. The van der Waals surface area contributed by atoms with Crippen molar-refractivity contribution in [2.24, 2.45) is 5.92 Å². The number of aliphatic carboxylic acids is 1. The molecule has 0 saturated carbocycles. The van der Waals surface area contributed by atoms with Crippen molar-refractivity contribution in [3.63, 3.8) is 0 Å². The summed E-state index contributed by atoms with van der Waals surface area (Å²) in [6.07, 6.45) is 0. The smallest absolute Gasteiger partial charge is 0.308 e. The lowest BCUT2D eigenvalue weighted by Gasteiger charge is -2.19. The molecular weight excluding hydrogens is 261 g/mol. The predicted octanol–water partition coefficient (Wildman–Crippen LogP) is 2.27. The number of carboxylic acid groups (broad SMARTS) is 1. The lowest BCUT2D eigenvalue weighted by Crippen LogP contribution is -2.33. The molecule has 0 aromatic heterocycles. The van der Waals surface area contributed by atoms with E-state index >= 15 is 0 Å². The first-order chi connectivity index (χ1) is 8.32. The second-order valence-corrected chi connectivity index (χ2v) is 4.46. The molecule has 0 aliphatic rings. The Balaban J connectivity index is 2.80. The van der Waals surface area contributed by atoms with Crippen molar-refractivity contribution in [3.8, 4) is 0 Å². The molecule has 18 heavy (non-hydrogen) atoms. The summed E-state index contributed by atoms with van der Waals surface area (Å²) in [5.41, 5.74) is 0.224. The molecular formula is C12H13ClFNO3. The number of benzene rings is 1. The Labute approximate surface area is 109 Å². The lowest BCUT2D eigenvalue weighted by atomic mass is 10.1. The average molecular weight is 274 g/mol. The van der Waals surface area contributed by atoms with Crippen molar-refractivity contribution < 1.29 is 19.1 Å². The molecule has 0 spiro atoms. The summed E-state index contributed by atoms with van der Waals surface area (Å²) in [5, 5.41) is 8.62. The molecule has 0 radical (unpaired) electrons. The summed E-state index contributed by atoms with van der Waals surface area (Å²) in [5.74, 6) is -2.65. The van der Waals surface area contributed by atoms with E-state index in [-0.39, 0.29) is 17.1 Å². The summed E-state index contributed by atoms with van der Waals surface area (Å²) >= 11 is 5.58. The number of carbonyl (C=O) groups excluding carboxylic acids is 1. The number of nitrogens with zero attached hydrogens (tertiary/aromatic N) is 1. The van der Waals surface area contributed by atoms with Crippen molar-refractivity contribution in [2.75, 3.05) is 13.6 Å². The van der Waals surface area contributed by atoms with E-state index in [9.17, 15) is 14.0 Å². The standard InChI is InChI=1S/C12H13ClFNO3/c1-7(12(17)18)6-15(2)11(16)8-3-4-10(14)9(13)5-8/h3-5,7H,6H2,1-2H3,(H,17,18). The zero-order valence-electron chi connectivity index (χ0n) is 9.98. The summed E-state index contributed by atoms with van der Waals surface area (Å²) in [7, 11) is 1.49. The third kappa shape index (κ3) is 3.43. The number of carboxylic acids is 1. The number of halogens is 2. The highest BCUT2D eigenvalue weighted by Crippen LogP contribution is 2.17. The van der Waals surface area contributed by atoms with Crippen LogP contribution in [0.3, 0.4) is 0 Å². The molecule has 1 N–H and O–H groups in total. The number of amides is 1. The number of carbonyl (C=O) groups is 2. The van der Waals surface area contributed by atoms with Crippen LogP contribution in [0.1, 0.15) is 17.3 Å². The largest absolute Gasteiger partial charge is 0.481 e. The van der Waals surface area contributed by atoms with E-state index < -0.39 is 23.6 Å². The molecule has 6 heteroatoms. The quantitative estimate of drug-likeness (QED) is 0.915. The van der Waals surface area contributed by atoms with Gasteiger partial charge in [-0.3, -0.25) is 9.59 Å². The maximum absolute atomic E-state index is 12.9. The van der Waals surface area contributed by atoms with Crippen LogP contribution in [0.2, 0.25) is 5.02 Å². The van der Waals surface area contributed by atoms with E-state index in [2.05, 4.69) is 0 Å². The van der Waals surface area contributed by atoms with Gasteiger partial charge >= 0.3 is 5.97 Å². The van der Waals surface area contributed by atoms with Gasteiger partial charge in [0.05, 0.1) is 10.9 Å². The van der Waals surface area contributed by atoms with E-state index in [0.29, 0.717) is 0 Å². The van der Waals surface area contributed by atoms with Crippen LogP contribution < -0.4 is 0 Å². The maximum Gasteiger partial charge on any atom is 0.308 e. The van der Waals surface area contributed by atoms with Crippen LogP contribution in [0.25, 0.3) is 0 Å². The third-order valence-corrected chi connectivity index (χ3v) is 2.77. The molecule has 1 amide bonds. The SMILES string of the molecule is CC(CN(C)C(=O)c1ccc(F)c(Cl)c1)C(=O)O. The molecule has 0 aliphatic heterocycles. The van der Waals surface area contributed by atoms with Gasteiger partial charge in [-0.05, 0) is 18.2 Å². The summed E-state index contributed by atoms with van der Waals surface area (Å²) in [6.45, 7) is 1.58. The highest BCUT2D eigenvalue weighted by atomic mass is 35.5. The topological polar surface area (TPSA) is 57.6 Å². The van der Waals surface area contributed by atoms with E-state index in [1.165, 1.54) is 31.0 Å². The predicted molar refractivity (Wildman–Crippen MR) is 65.2 cm³/mol. The summed E-state index contributed by atoms with van der Waals surface area (Å²) in [6, 6.07) is 3.64. The van der Waals surface area contributed by atoms with Crippen LogP contribution in [0.15, 0.2) is 18.2 Å². The minimum absolute atomic E-state index is 0.0726. The van der Waals surface area contributed by atoms with Gasteiger partial charge in [-0.1, -0.05) is 18.5 Å². The van der Waals surface area contributed by atoms with Crippen molar-refractivity contribution in [2.45, 2.75) is 6.92 Å². The van der Waals surface area contributed by atoms with E-state index in [4.69, 9.17) is 16.7 Å². The third-order valence-electron chi connectivity index (χ3n) is 2.48. The summed E-state index contributed by atoms with van der Waals surface area (Å²) < 4.78 is 12.9. The monoisotopic (exact) mass is 273 g/mol. The molecule has 0 heterocycles. The number of hydrogen-bond donors (Lipinski definition) is 1. The Morgan fingerprint density at radius 2 is 2.11 bits per heavy atom. The highest BCUT2D eigenvalue weighted by Gasteiger charge is 2.19. The highest BCUT2D eigenvalue weighted by molar-refractivity contribution is 6.31. The normalized spacial score (nSPS) is 12.0. The van der Waals surface area contributed by atoms with Crippen LogP contribution >= 0.6 is 11.6 Å². The van der Waals surface area contributed by atoms with Crippen molar-refractivity contribution in [1.29, 1.82) is 0 Å². The molecule has 1 rings (SSSR count). The molecule has 1 aromatic rings. The molecule has 0 aliphatic carbocycles. The Morgan fingerprint density at radius 1 is 1.50 bits per heavy atom. The molecule has 1 unspecified atom stereocenters. The molecule has 0 saturated heterocycles. The maximum atomic E-state index is 12.9. The van der Waals surface area contributed by atoms with Gasteiger partial charge in [0.15, 0.2) is 0 Å². The average Bonchev–Trinajstić information content (AvgIpc) is 2.31. The van der Waals surface area contributed by atoms with Gasteiger partial charge in [0, 0.05) is 19.2 Å². The van der Waals surface area contributed by atoms with Gasteiger partial charge in [0.1, 0.15) is 5.82 Å². The molecule has 1 aromatic carbocycles. The van der Waals surface area contributed by atoms with Gasteiger partial charge in [0.2, 0.25) is 0 Å². The zero-order valence-corrected chi connectivity index (χ0v) is 10.7. The molecule has 1 atom stereocenters. The van der Waals surface area contributed by atoms with E-state index in [1.54, 1.807) is 0 Å². The molecule has 98 valence electrons. The fraction of sp³-hybridized carbons (Fsp3) is 0.333.